The van der Waals surface area contributed by atoms with Gasteiger partial charge in [-0.15, -0.1) is 0 Å². The number of pyridine rings is 1. The number of hydrogen-bond donors (Lipinski definition) is 1. The topological polar surface area (TPSA) is 66.9 Å². The van der Waals surface area contributed by atoms with E-state index in [1.54, 1.807) is 7.05 Å². The smallest absolute Gasteiger partial charge is 0.269 e. The number of nitrogens with one attached hydrogen (secondary N) is 1. The van der Waals surface area contributed by atoms with E-state index in [1.807, 2.05) is 18.2 Å². The Morgan fingerprint density at radius 1 is 1.12 bits per heavy atom. The largest absolute Gasteiger partial charge is 0.454 e. The van der Waals surface area contributed by atoms with Crippen molar-refractivity contribution in [3.63, 3.8) is 0 Å². The molecule has 0 atom stereocenters. The van der Waals surface area contributed by atoms with Crippen molar-refractivity contribution in [2.45, 2.75) is 0 Å². The molecule has 0 unspecified atom stereocenters. The zero-order valence-electron chi connectivity index (χ0n) is 13.8. The predicted molar refractivity (Wildman–Crippen MR) is 91.0 cm³/mol. The molecule has 7 heteroatoms. The maximum atomic E-state index is 12.1. The van der Waals surface area contributed by atoms with E-state index in [0.29, 0.717) is 11.4 Å². The van der Waals surface area contributed by atoms with Gasteiger partial charge in [0.1, 0.15) is 5.69 Å². The highest BCUT2D eigenvalue weighted by atomic mass is 16.7. The first kappa shape index (κ1) is 15.0. The molecule has 0 aliphatic carbocycles. The van der Waals surface area contributed by atoms with Crippen LogP contribution in [-0.4, -0.2) is 62.9 Å². The van der Waals surface area contributed by atoms with E-state index in [4.69, 9.17) is 9.47 Å². The number of carbonyl (C=O) groups excluding carboxylic acids is 1. The number of rotatable bonds is 2. The van der Waals surface area contributed by atoms with Crippen molar-refractivity contribution >= 4 is 22.5 Å². The number of fused-ring (bicyclic) bond motifs is 2. The fourth-order valence-electron chi connectivity index (χ4n) is 3.15. The van der Waals surface area contributed by atoms with Crippen molar-refractivity contribution in [2.24, 2.45) is 0 Å². The van der Waals surface area contributed by atoms with E-state index in [9.17, 15) is 4.79 Å². The maximum Gasteiger partial charge on any atom is 0.269 e. The molecule has 0 saturated carbocycles. The molecule has 4 rings (SSSR count). The van der Waals surface area contributed by atoms with Crippen molar-refractivity contribution in [1.82, 2.24) is 15.2 Å². The summed E-state index contributed by atoms with van der Waals surface area (Å²) >= 11 is 0. The van der Waals surface area contributed by atoms with Gasteiger partial charge >= 0.3 is 0 Å². The van der Waals surface area contributed by atoms with Gasteiger partial charge in [0.05, 0.1) is 5.52 Å². The number of anilines is 1. The van der Waals surface area contributed by atoms with E-state index >= 15 is 0 Å². The second kappa shape index (κ2) is 5.83. The van der Waals surface area contributed by atoms with Crippen LogP contribution in [0.2, 0.25) is 0 Å². The molecule has 1 N–H and O–H groups in total. The third-order valence-corrected chi connectivity index (χ3v) is 4.58. The lowest BCUT2D eigenvalue weighted by atomic mass is 10.1. The highest BCUT2D eigenvalue weighted by Crippen LogP contribution is 2.39. The van der Waals surface area contributed by atoms with Crippen molar-refractivity contribution < 1.29 is 14.3 Å². The minimum absolute atomic E-state index is 0.190. The summed E-state index contributed by atoms with van der Waals surface area (Å²) in [5.41, 5.74) is 2.18. The standard InChI is InChI=1S/C17H20N4O3/c1-18-17(22)13-8-14(21-5-3-20(2)4-6-21)11-7-15-16(24-10-23-15)9-12(11)19-13/h7-9H,3-6,10H2,1-2H3,(H,18,22). The van der Waals surface area contributed by atoms with Gasteiger partial charge in [0, 0.05) is 50.4 Å². The Kier molecular flexibility index (Phi) is 3.65. The normalized spacial score (nSPS) is 17.3. The van der Waals surface area contributed by atoms with E-state index in [0.717, 1.165) is 48.5 Å². The predicted octanol–water partition coefficient (Wildman–Crippen LogP) is 1.07. The fourth-order valence-corrected chi connectivity index (χ4v) is 3.15. The lowest BCUT2D eigenvalue weighted by molar-refractivity contribution is 0.0958. The molecule has 2 aromatic rings. The number of hydrogen-bond acceptors (Lipinski definition) is 6. The quantitative estimate of drug-likeness (QED) is 0.890. The van der Waals surface area contributed by atoms with Crippen LogP contribution in [0.3, 0.4) is 0 Å². The zero-order chi connectivity index (χ0) is 16.7. The molecule has 1 aromatic carbocycles. The number of ether oxygens (including phenoxy) is 2. The van der Waals surface area contributed by atoms with E-state index in [1.165, 1.54) is 0 Å². The molecule has 2 aliphatic rings. The van der Waals surface area contributed by atoms with Gasteiger partial charge in [-0.2, -0.15) is 0 Å². The molecule has 1 saturated heterocycles. The molecule has 24 heavy (non-hydrogen) atoms. The summed E-state index contributed by atoms with van der Waals surface area (Å²) in [7, 11) is 3.74. The van der Waals surface area contributed by atoms with Gasteiger partial charge in [-0.05, 0) is 19.2 Å². The number of benzene rings is 1. The summed E-state index contributed by atoms with van der Waals surface area (Å²) < 4.78 is 11.0. The zero-order valence-corrected chi connectivity index (χ0v) is 13.8. The summed E-state index contributed by atoms with van der Waals surface area (Å²) in [6, 6.07) is 5.68. The monoisotopic (exact) mass is 328 g/mol. The molecule has 3 heterocycles. The number of amides is 1. The molecule has 7 nitrogen and oxygen atoms in total. The highest BCUT2D eigenvalue weighted by Gasteiger charge is 2.22. The Hall–Kier alpha value is -2.54. The molecule has 2 aliphatic heterocycles. The van der Waals surface area contributed by atoms with Crippen LogP contribution in [0.4, 0.5) is 5.69 Å². The van der Waals surface area contributed by atoms with Crippen molar-refractivity contribution in [1.29, 1.82) is 0 Å². The number of carbonyl (C=O) groups is 1. The van der Waals surface area contributed by atoms with Gasteiger partial charge in [-0.25, -0.2) is 4.98 Å². The first-order valence-electron chi connectivity index (χ1n) is 8.05. The van der Waals surface area contributed by atoms with Crippen LogP contribution in [0.1, 0.15) is 10.5 Å². The Morgan fingerprint density at radius 2 is 1.83 bits per heavy atom. The van der Waals surface area contributed by atoms with Gasteiger partial charge < -0.3 is 24.6 Å². The summed E-state index contributed by atoms with van der Waals surface area (Å²) in [5.74, 6) is 1.21. The first-order chi connectivity index (χ1) is 11.7. The summed E-state index contributed by atoms with van der Waals surface area (Å²) in [5, 5.41) is 3.63. The third-order valence-electron chi connectivity index (χ3n) is 4.58. The SMILES string of the molecule is CNC(=O)c1cc(N2CCN(C)CC2)c2cc3c(cc2n1)OCO3. The molecule has 0 spiro atoms. The van der Waals surface area contributed by atoms with E-state index in [2.05, 4.69) is 27.1 Å². The van der Waals surface area contributed by atoms with Gasteiger partial charge in [0.25, 0.3) is 5.91 Å². The minimum Gasteiger partial charge on any atom is -0.454 e. The Balaban J connectivity index is 1.86. The van der Waals surface area contributed by atoms with Crippen LogP contribution >= 0.6 is 0 Å². The van der Waals surface area contributed by atoms with Crippen LogP contribution in [0.5, 0.6) is 11.5 Å². The summed E-state index contributed by atoms with van der Waals surface area (Å²) in [6.45, 7) is 4.03. The molecule has 0 radical (unpaired) electrons. The average molecular weight is 328 g/mol. The second-order valence-corrected chi connectivity index (χ2v) is 6.12. The maximum absolute atomic E-state index is 12.1. The van der Waals surface area contributed by atoms with Crippen LogP contribution < -0.4 is 19.7 Å². The second-order valence-electron chi connectivity index (χ2n) is 6.12. The van der Waals surface area contributed by atoms with Gasteiger partial charge in [-0.1, -0.05) is 0 Å². The fraction of sp³-hybridized carbons (Fsp3) is 0.412. The minimum atomic E-state index is -0.190. The van der Waals surface area contributed by atoms with Crippen LogP contribution in [-0.2, 0) is 0 Å². The highest BCUT2D eigenvalue weighted by molar-refractivity contribution is 6.01. The van der Waals surface area contributed by atoms with Gasteiger partial charge in [-0.3, -0.25) is 4.79 Å². The van der Waals surface area contributed by atoms with Crippen LogP contribution in [0.25, 0.3) is 10.9 Å². The number of piperazine rings is 1. The average Bonchev–Trinajstić information content (AvgIpc) is 3.06. The number of nitrogens with zero attached hydrogens (tertiary/aromatic N) is 3. The van der Waals surface area contributed by atoms with Crippen molar-refractivity contribution in [2.75, 3.05) is 52.0 Å². The molecule has 1 amide bonds. The molecule has 126 valence electrons. The Labute approximate surface area is 140 Å². The van der Waals surface area contributed by atoms with Gasteiger partial charge in [0.15, 0.2) is 11.5 Å². The molecule has 1 fully saturated rings. The van der Waals surface area contributed by atoms with Crippen LogP contribution in [0, 0.1) is 0 Å². The Bertz CT molecular complexity index is 800. The van der Waals surface area contributed by atoms with E-state index < -0.39 is 0 Å². The van der Waals surface area contributed by atoms with Gasteiger partial charge in [0.2, 0.25) is 6.79 Å². The summed E-state index contributed by atoms with van der Waals surface area (Å²) in [6.07, 6.45) is 0. The van der Waals surface area contributed by atoms with Crippen molar-refractivity contribution in [3.8, 4) is 11.5 Å². The summed E-state index contributed by atoms with van der Waals surface area (Å²) in [4.78, 5) is 21.2. The molecular weight excluding hydrogens is 308 g/mol. The third kappa shape index (κ3) is 2.50. The lowest BCUT2D eigenvalue weighted by Crippen LogP contribution is -2.44. The molecule has 0 bridgehead atoms. The molecular formula is C17H20N4O3. The molecule has 1 aromatic heterocycles. The number of likely N-dealkylation sites (N-methyl/N-ethyl adjacent to an activating group) is 1. The first-order valence-corrected chi connectivity index (χ1v) is 8.05. The Morgan fingerprint density at radius 3 is 2.54 bits per heavy atom. The lowest BCUT2D eigenvalue weighted by Gasteiger charge is -2.34. The van der Waals surface area contributed by atoms with E-state index in [-0.39, 0.29) is 12.7 Å². The van der Waals surface area contributed by atoms with Crippen molar-refractivity contribution in [3.05, 3.63) is 23.9 Å². The number of aromatic nitrogens is 1. The van der Waals surface area contributed by atoms with Crippen LogP contribution in [0.15, 0.2) is 18.2 Å².